The van der Waals surface area contributed by atoms with Gasteiger partial charge in [0.05, 0.1) is 11.1 Å². The van der Waals surface area contributed by atoms with Crippen LogP contribution in [0, 0.1) is 0 Å². The summed E-state index contributed by atoms with van der Waals surface area (Å²) in [7, 11) is 0. The first-order valence-corrected chi connectivity index (χ1v) is 8.79. The van der Waals surface area contributed by atoms with Gasteiger partial charge in [-0.15, -0.1) is 0 Å². The number of hydrogen-bond acceptors (Lipinski definition) is 3. The number of amides is 3. The maximum Gasteiger partial charge on any atom is 0.336 e. The molecule has 1 aliphatic rings. The van der Waals surface area contributed by atoms with Gasteiger partial charge in [0.15, 0.2) is 0 Å². The molecule has 0 radical (unpaired) electrons. The lowest BCUT2D eigenvalue weighted by Gasteiger charge is -2.32. The van der Waals surface area contributed by atoms with Crippen LogP contribution in [0.15, 0.2) is 54.6 Å². The highest BCUT2D eigenvalue weighted by Crippen LogP contribution is 2.17. The van der Waals surface area contributed by atoms with E-state index in [1.165, 1.54) is 12.1 Å². The van der Waals surface area contributed by atoms with Gasteiger partial charge in [-0.2, -0.15) is 0 Å². The lowest BCUT2D eigenvalue weighted by molar-refractivity contribution is 0.0659. The minimum Gasteiger partial charge on any atom is -0.478 e. The van der Waals surface area contributed by atoms with Gasteiger partial charge in [0, 0.05) is 24.8 Å². The van der Waals surface area contributed by atoms with Crippen LogP contribution in [0.25, 0.3) is 0 Å². The Labute approximate surface area is 157 Å². The molecule has 0 atom stereocenters. The summed E-state index contributed by atoms with van der Waals surface area (Å²) in [5.41, 5.74) is 0.913. The number of urea groups is 1. The quantitative estimate of drug-likeness (QED) is 0.774. The lowest BCUT2D eigenvalue weighted by atomic mass is 10.0. The Hall–Kier alpha value is -3.35. The van der Waals surface area contributed by atoms with Crippen molar-refractivity contribution in [2.75, 3.05) is 18.4 Å². The highest BCUT2D eigenvalue weighted by Gasteiger charge is 2.26. The van der Waals surface area contributed by atoms with Crippen LogP contribution in [0.1, 0.15) is 33.6 Å². The van der Waals surface area contributed by atoms with Crippen molar-refractivity contribution in [3.05, 3.63) is 65.7 Å². The standard InChI is InChI=1S/C20H21N3O4/c24-18(16-8-4-5-9-17(16)19(25)26)23-12-10-15(11-13-23)22-20(27)21-14-6-2-1-3-7-14/h1-9,15H,10-13H2,(H,25,26)(H2,21,22,27). The first kappa shape index (κ1) is 18.4. The van der Waals surface area contributed by atoms with Crippen molar-refractivity contribution in [3.8, 4) is 0 Å². The molecule has 0 spiro atoms. The normalized spacial score (nSPS) is 14.4. The van der Waals surface area contributed by atoms with Gasteiger partial charge in [-0.05, 0) is 37.1 Å². The summed E-state index contributed by atoms with van der Waals surface area (Å²) in [6.45, 7) is 0.923. The molecule has 3 N–H and O–H groups in total. The summed E-state index contributed by atoms with van der Waals surface area (Å²) >= 11 is 0. The molecule has 1 saturated heterocycles. The Morgan fingerprint density at radius 1 is 0.889 bits per heavy atom. The zero-order valence-corrected chi connectivity index (χ0v) is 14.7. The number of carbonyl (C=O) groups is 3. The van der Waals surface area contributed by atoms with Crippen LogP contribution in [-0.2, 0) is 0 Å². The van der Waals surface area contributed by atoms with Gasteiger partial charge in [0.2, 0.25) is 0 Å². The second-order valence-corrected chi connectivity index (χ2v) is 6.38. The average Bonchev–Trinajstić information content (AvgIpc) is 2.68. The molecule has 3 amide bonds. The molecule has 1 fully saturated rings. The van der Waals surface area contributed by atoms with Crippen LogP contribution in [0.3, 0.4) is 0 Å². The van der Waals surface area contributed by atoms with Gasteiger partial charge in [-0.3, -0.25) is 4.79 Å². The Morgan fingerprint density at radius 2 is 1.48 bits per heavy atom. The van der Waals surface area contributed by atoms with Gasteiger partial charge in [0.25, 0.3) is 5.91 Å². The van der Waals surface area contributed by atoms with E-state index in [4.69, 9.17) is 0 Å². The molecule has 140 valence electrons. The number of nitrogens with zero attached hydrogens (tertiary/aromatic N) is 1. The first-order chi connectivity index (χ1) is 13.0. The zero-order chi connectivity index (χ0) is 19.2. The van der Waals surface area contributed by atoms with Gasteiger partial charge >= 0.3 is 12.0 Å². The molecule has 0 aromatic heterocycles. The van der Waals surface area contributed by atoms with E-state index in [1.54, 1.807) is 29.2 Å². The van der Waals surface area contributed by atoms with Crippen LogP contribution in [0.2, 0.25) is 0 Å². The summed E-state index contributed by atoms with van der Waals surface area (Å²) < 4.78 is 0. The number of benzene rings is 2. The van der Waals surface area contributed by atoms with E-state index in [2.05, 4.69) is 10.6 Å². The molecule has 0 aliphatic carbocycles. The number of rotatable bonds is 4. The fraction of sp³-hybridized carbons (Fsp3) is 0.250. The van der Waals surface area contributed by atoms with Crippen molar-refractivity contribution < 1.29 is 19.5 Å². The van der Waals surface area contributed by atoms with E-state index in [1.807, 2.05) is 18.2 Å². The Bertz CT molecular complexity index is 830. The third kappa shape index (κ3) is 4.63. The number of nitrogens with one attached hydrogen (secondary N) is 2. The number of likely N-dealkylation sites (tertiary alicyclic amines) is 1. The number of piperidine rings is 1. The molecular weight excluding hydrogens is 346 g/mol. The molecule has 1 heterocycles. The van der Waals surface area contributed by atoms with E-state index in [0.29, 0.717) is 31.6 Å². The van der Waals surface area contributed by atoms with Crippen LogP contribution in [-0.4, -0.2) is 47.0 Å². The molecule has 0 unspecified atom stereocenters. The predicted octanol–water partition coefficient (Wildman–Crippen LogP) is 2.81. The minimum atomic E-state index is -1.12. The van der Waals surface area contributed by atoms with E-state index in [9.17, 15) is 19.5 Å². The summed E-state index contributed by atoms with van der Waals surface area (Å²) in [6.07, 6.45) is 1.23. The smallest absolute Gasteiger partial charge is 0.336 e. The maximum atomic E-state index is 12.7. The van der Waals surface area contributed by atoms with E-state index >= 15 is 0 Å². The van der Waals surface area contributed by atoms with E-state index < -0.39 is 5.97 Å². The molecule has 2 aromatic rings. The monoisotopic (exact) mass is 367 g/mol. The highest BCUT2D eigenvalue weighted by atomic mass is 16.4. The van der Waals surface area contributed by atoms with Crippen LogP contribution < -0.4 is 10.6 Å². The molecule has 3 rings (SSSR count). The highest BCUT2D eigenvalue weighted by molar-refractivity contribution is 6.04. The van der Waals surface area contributed by atoms with Gasteiger partial charge in [-0.25, -0.2) is 9.59 Å². The number of aromatic carboxylic acids is 1. The first-order valence-electron chi connectivity index (χ1n) is 8.79. The summed E-state index contributed by atoms with van der Waals surface area (Å²) in [4.78, 5) is 37.7. The SMILES string of the molecule is O=C(Nc1ccccc1)NC1CCN(C(=O)c2ccccc2C(=O)O)CC1. The molecule has 27 heavy (non-hydrogen) atoms. The summed E-state index contributed by atoms with van der Waals surface area (Å²) in [6, 6.07) is 15.1. The Balaban J connectivity index is 1.54. The second kappa shape index (κ2) is 8.35. The molecular formula is C20H21N3O4. The molecule has 0 saturated carbocycles. The minimum absolute atomic E-state index is 0.00462. The van der Waals surface area contributed by atoms with Crippen molar-refractivity contribution >= 4 is 23.6 Å². The lowest BCUT2D eigenvalue weighted by Crippen LogP contribution is -2.47. The van der Waals surface area contributed by atoms with Crippen molar-refractivity contribution in [3.63, 3.8) is 0 Å². The molecule has 1 aliphatic heterocycles. The molecule has 7 heteroatoms. The van der Waals surface area contributed by atoms with Crippen LogP contribution >= 0.6 is 0 Å². The molecule has 0 bridgehead atoms. The van der Waals surface area contributed by atoms with Crippen LogP contribution in [0.4, 0.5) is 10.5 Å². The number of carbonyl (C=O) groups excluding carboxylic acids is 2. The van der Waals surface area contributed by atoms with Crippen molar-refractivity contribution in [2.24, 2.45) is 0 Å². The van der Waals surface area contributed by atoms with E-state index in [0.717, 1.165) is 0 Å². The number of para-hydroxylation sites is 1. The Kier molecular flexibility index (Phi) is 5.71. The van der Waals surface area contributed by atoms with Crippen molar-refractivity contribution in [1.82, 2.24) is 10.2 Å². The number of anilines is 1. The third-order valence-corrected chi connectivity index (χ3v) is 4.54. The number of hydrogen-bond donors (Lipinski definition) is 3. The average molecular weight is 367 g/mol. The zero-order valence-electron chi connectivity index (χ0n) is 14.7. The van der Waals surface area contributed by atoms with Gasteiger partial charge in [-0.1, -0.05) is 30.3 Å². The summed E-state index contributed by atoms with van der Waals surface area (Å²) in [5, 5.41) is 14.9. The third-order valence-electron chi connectivity index (χ3n) is 4.54. The number of carboxylic acid groups (broad SMARTS) is 1. The fourth-order valence-corrected chi connectivity index (χ4v) is 3.13. The fourth-order valence-electron chi connectivity index (χ4n) is 3.13. The van der Waals surface area contributed by atoms with Crippen molar-refractivity contribution in [2.45, 2.75) is 18.9 Å². The van der Waals surface area contributed by atoms with Crippen molar-refractivity contribution in [1.29, 1.82) is 0 Å². The van der Waals surface area contributed by atoms with Gasteiger partial charge in [0.1, 0.15) is 0 Å². The molecule has 2 aromatic carbocycles. The maximum absolute atomic E-state index is 12.7. The largest absolute Gasteiger partial charge is 0.478 e. The van der Waals surface area contributed by atoms with Gasteiger partial charge < -0.3 is 20.6 Å². The second-order valence-electron chi connectivity index (χ2n) is 6.38. The van der Waals surface area contributed by atoms with E-state index in [-0.39, 0.29) is 29.1 Å². The predicted molar refractivity (Wildman–Crippen MR) is 101 cm³/mol. The number of carboxylic acids is 1. The van der Waals surface area contributed by atoms with Crippen LogP contribution in [0.5, 0.6) is 0 Å². The summed E-state index contributed by atoms with van der Waals surface area (Å²) in [5.74, 6) is -1.41. The molecule has 7 nitrogen and oxygen atoms in total. The Morgan fingerprint density at radius 3 is 2.11 bits per heavy atom. The topological polar surface area (TPSA) is 98.7 Å².